The summed E-state index contributed by atoms with van der Waals surface area (Å²) in [6, 6.07) is 4.25. The molecular formula is C8H9O4S-. The Labute approximate surface area is 78.1 Å². The van der Waals surface area contributed by atoms with Crippen LogP contribution in [0.4, 0.5) is 0 Å². The predicted octanol–water partition coefficient (Wildman–Crippen LogP) is 0.519. The van der Waals surface area contributed by atoms with Crippen molar-refractivity contribution in [2.45, 2.75) is 6.42 Å². The lowest BCUT2D eigenvalue weighted by atomic mass is 10.1. The minimum absolute atomic E-state index is 0.0181. The number of hydrogen-bond acceptors (Lipinski definition) is 4. The average molecular weight is 201 g/mol. The van der Waals surface area contributed by atoms with Crippen LogP contribution in [0.25, 0.3) is 0 Å². The third kappa shape index (κ3) is 3.04. The van der Waals surface area contributed by atoms with E-state index in [-0.39, 0.29) is 17.3 Å². The van der Waals surface area contributed by atoms with Gasteiger partial charge in [-0.1, -0.05) is 17.1 Å². The van der Waals surface area contributed by atoms with Crippen molar-refractivity contribution < 1.29 is 19.0 Å². The normalized spacial score (nSPS) is 12.7. The fraction of sp³-hybridized carbons (Fsp3) is 0.250. The highest BCUT2D eigenvalue weighted by Gasteiger charge is 1.99. The molecule has 2 N–H and O–H groups in total. The molecule has 72 valence electrons. The van der Waals surface area contributed by atoms with E-state index in [4.69, 9.17) is 10.2 Å². The number of phenols is 2. The topological polar surface area (TPSA) is 80.6 Å². The molecule has 1 aromatic carbocycles. The Morgan fingerprint density at radius 2 is 2.00 bits per heavy atom. The van der Waals surface area contributed by atoms with Gasteiger partial charge in [-0.15, -0.1) is 0 Å². The third-order valence-corrected chi connectivity index (χ3v) is 2.13. The van der Waals surface area contributed by atoms with Crippen LogP contribution < -0.4 is 0 Å². The maximum absolute atomic E-state index is 10.2. The van der Waals surface area contributed by atoms with E-state index in [1.807, 2.05) is 0 Å². The average Bonchev–Trinajstić information content (AvgIpc) is 2.07. The SMILES string of the molecule is O=S([O-])CCc1ccc(O)c(O)c1. The monoisotopic (exact) mass is 201 g/mol. The molecule has 1 aromatic rings. The minimum Gasteiger partial charge on any atom is -0.772 e. The van der Waals surface area contributed by atoms with Crippen LogP contribution in [0.15, 0.2) is 18.2 Å². The molecule has 0 aromatic heterocycles. The van der Waals surface area contributed by atoms with Gasteiger partial charge in [0.05, 0.1) is 0 Å². The molecule has 0 saturated carbocycles. The van der Waals surface area contributed by atoms with Gasteiger partial charge in [0.25, 0.3) is 0 Å². The number of hydrogen-bond donors (Lipinski definition) is 2. The van der Waals surface area contributed by atoms with E-state index >= 15 is 0 Å². The van der Waals surface area contributed by atoms with Gasteiger partial charge in [0.2, 0.25) is 0 Å². The van der Waals surface area contributed by atoms with Crippen LogP contribution in [-0.4, -0.2) is 24.7 Å². The first-order chi connectivity index (χ1) is 6.09. The van der Waals surface area contributed by atoms with E-state index in [0.717, 1.165) is 0 Å². The van der Waals surface area contributed by atoms with Gasteiger partial charge >= 0.3 is 0 Å². The van der Waals surface area contributed by atoms with Crippen LogP contribution in [-0.2, 0) is 17.5 Å². The first kappa shape index (κ1) is 10.0. The van der Waals surface area contributed by atoms with E-state index in [2.05, 4.69) is 0 Å². The van der Waals surface area contributed by atoms with Crippen molar-refractivity contribution >= 4 is 11.1 Å². The number of benzene rings is 1. The highest BCUT2D eigenvalue weighted by molar-refractivity contribution is 7.79. The van der Waals surface area contributed by atoms with E-state index in [0.29, 0.717) is 12.0 Å². The lowest BCUT2D eigenvalue weighted by molar-refractivity contribution is 0.403. The second kappa shape index (κ2) is 4.25. The molecule has 0 fully saturated rings. The summed E-state index contributed by atoms with van der Waals surface area (Å²) in [6.07, 6.45) is 0.337. The number of aromatic hydroxyl groups is 2. The zero-order valence-electron chi connectivity index (χ0n) is 6.77. The summed E-state index contributed by atoms with van der Waals surface area (Å²) >= 11 is -2.07. The van der Waals surface area contributed by atoms with E-state index in [1.165, 1.54) is 12.1 Å². The molecule has 0 aliphatic heterocycles. The number of aryl methyl sites for hydroxylation is 1. The second-order valence-corrected chi connectivity index (χ2v) is 3.60. The van der Waals surface area contributed by atoms with Crippen molar-refractivity contribution in [2.75, 3.05) is 5.75 Å². The molecule has 0 aliphatic carbocycles. The van der Waals surface area contributed by atoms with Crippen molar-refractivity contribution in [3.8, 4) is 11.5 Å². The van der Waals surface area contributed by atoms with Crippen LogP contribution in [0.1, 0.15) is 5.56 Å². The predicted molar refractivity (Wildman–Crippen MR) is 47.3 cm³/mol. The summed E-state index contributed by atoms with van der Waals surface area (Å²) in [5, 5.41) is 18.0. The quantitative estimate of drug-likeness (QED) is 0.551. The number of rotatable bonds is 3. The summed E-state index contributed by atoms with van der Waals surface area (Å²) in [5.41, 5.74) is 0.680. The van der Waals surface area contributed by atoms with Crippen LogP contribution in [0, 0.1) is 0 Å². The molecule has 0 bridgehead atoms. The fourth-order valence-electron chi connectivity index (χ4n) is 0.926. The van der Waals surface area contributed by atoms with Crippen LogP contribution in [0.5, 0.6) is 11.5 Å². The van der Waals surface area contributed by atoms with Crippen molar-refractivity contribution in [2.24, 2.45) is 0 Å². The summed E-state index contributed by atoms with van der Waals surface area (Å²) in [6.45, 7) is 0. The van der Waals surface area contributed by atoms with Gasteiger partial charge in [-0.3, -0.25) is 4.21 Å². The highest BCUT2D eigenvalue weighted by Crippen LogP contribution is 2.24. The molecule has 1 unspecified atom stereocenters. The first-order valence-electron chi connectivity index (χ1n) is 3.66. The Bertz CT molecular complexity index is 324. The molecular weight excluding hydrogens is 192 g/mol. The molecule has 0 saturated heterocycles. The molecule has 1 rings (SSSR count). The summed E-state index contributed by atoms with van der Waals surface area (Å²) < 4.78 is 20.4. The van der Waals surface area contributed by atoms with Crippen molar-refractivity contribution in [1.82, 2.24) is 0 Å². The molecule has 1 atom stereocenters. The Hall–Kier alpha value is -1.07. The van der Waals surface area contributed by atoms with Gasteiger partial charge in [-0.2, -0.15) is 0 Å². The largest absolute Gasteiger partial charge is 0.772 e. The lowest BCUT2D eigenvalue weighted by Gasteiger charge is -2.05. The zero-order valence-corrected chi connectivity index (χ0v) is 7.58. The minimum atomic E-state index is -2.07. The van der Waals surface area contributed by atoms with Crippen molar-refractivity contribution in [3.63, 3.8) is 0 Å². The third-order valence-electron chi connectivity index (χ3n) is 1.60. The van der Waals surface area contributed by atoms with E-state index in [1.54, 1.807) is 6.07 Å². The molecule has 0 amide bonds. The van der Waals surface area contributed by atoms with E-state index < -0.39 is 11.1 Å². The summed E-state index contributed by atoms with van der Waals surface area (Å²) in [7, 11) is 0. The van der Waals surface area contributed by atoms with Crippen LogP contribution in [0.2, 0.25) is 0 Å². The van der Waals surface area contributed by atoms with Gasteiger partial charge in [0, 0.05) is 5.75 Å². The maximum atomic E-state index is 10.2. The van der Waals surface area contributed by atoms with Crippen molar-refractivity contribution in [3.05, 3.63) is 23.8 Å². The molecule has 5 heteroatoms. The Morgan fingerprint density at radius 1 is 1.31 bits per heavy atom. The van der Waals surface area contributed by atoms with Gasteiger partial charge in [0.15, 0.2) is 11.5 Å². The van der Waals surface area contributed by atoms with E-state index in [9.17, 15) is 8.76 Å². The smallest absolute Gasteiger partial charge is 0.157 e. The molecule has 0 aliphatic rings. The molecule has 13 heavy (non-hydrogen) atoms. The maximum Gasteiger partial charge on any atom is 0.157 e. The highest BCUT2D eigenvalue weighted by atomic mass is 32.2. The molecule has 0 spiro atoms. The molecule has 0 radical (unpaired) electrons. The van der Waals surface area contributed by atoms with Crippen molar-refractivity contribution in [1.29, 1.82) is 0 Å². The zero-order chi connectivity index (χ0) is 9.84. The summed E-state index contributed by atoms with van der Waals surface area (Å²) in [4.78, 5) is 0. The standard InChI is InChI=1S/C8H10O4S/c9-7-2-1-6(5-8(7)10)3-4-13(11)12/h1-2,5,9-10H,3-4H2,(H,11,12)/p-1. The lowest BCUT2D eigenvalue weighted by Crippen LogP contribution is -1.98. The Kier molecular flexibility index (Phi) is 3.27. The number of phenolic OH excluding ortho intramolecular Hbond substituents is 2. The van der Waals surface area contributed by atoms with Crippen LogP contribution in [0.3, 0.4) is 0 Å². The van der Waals surface area contributed by atoms with Gasteiger partial charge in [-0.25, -0.2) is 0 Å². The fourth-order valence-corrected chi connectivity index (χ4v) is 1.33. The van der Waals surface area contributed by atoms with Gasteiger partial charge < -0.3 is 14.8 Å². The molecule has 0 heterocycles. The first-order valence-corrected chi connectivity index (χ1v) is 4.90. The van der Waals surface area contributed by atoms with Gasteiger partial charge in [-0.05, 0) is 24.1 Å². The second-order valence-electron chi connectivity index (χ2n) is 2.58. The Morgan fingerprint density at radius 3 is 2.54 bits per heavy atom. The van der Waals surface area contributed by atoms with Gasteiger partial charge in [0.1, 0.15) is 0 Å². The summed E-state index contributed by atoms with van der Waals surface area (Å²) in [5.74, 6) is -0.411. The Balaban J connectivity index is 2.68. The molecule has 4 nitrogen and oxygen atoms in total. The van der Waals surface area contributed by atoms with Crippen LogP contribution >= 0.6 is 0 Å².